The number of carbonyl (C=O) groups excluding carboxylic acids is 1. The van der Waals surface area contributed by atoms with Gasteiger partial charge in [0.2, 0.25) is 5.91 Å². The Labute approximate surface area is 109 Å². The molecule has 0 spiro atoms. The quantitative estimate of drug-likeness (QED) is 0.838. The summed E-state index contributed by atoms with van der Waals surface area (Å²) in [6, 6.07) is 7.71. The van der Waals surface area contributed by atoms with Crippen LogP contribution < -0.4 is 10.6 Å². The Bertz CT molecular complexity index is 421. The zero-order valence-corrected chi connectivity index (χ0v) is 11.4. The molecular formula is C15H22N2O. The lowest BCUT2D eigenvalue weighted by Gasteiger charge is -2.16. The summed E-state index contributed by atoms with van der Waals surface area (Å²) in [7, 11) is 0. The molecule has 98 valence electrons. The number of hydrogen-bond donors (Lipinski definition) is 2. The van der Waals surface area contributed by atoms with E-state index in [1.807, 2.05) is 38.1 Å². The highest BCUT2D eigenvalue weighted by molar-refractivity contribution is 5.94. The number of rotatable bonds is 5. The third-order valence-corrected chi connectivity index (χ3v) is 3.65. The van der Waals surface area contributed by atoms with E-state index in [1.165, 1.54) is 18.4 Å². The van der Waals surface area contributed by atoms with Crippen LogP contribution in [0.2, 0.25) is 0 Å². The van der Waals surface area contributed by atoms with Crippen molar-refractivity contribution in [1.29, 1.82) is 0 Å². The van der Waals surface area contributed by atoms with Crippen LogP contribution in [0.3, 0.4) is 0 Å². The predicted octanol–water partition coefficient (Wildman–Crippen LogP) is 2.71. The van der Waals surface area contributed by atoms with E-state index < -0.39 is 0 Å². The molecule has 0 aromatic heterocycles. The van der Waals surface area contributed by atoms with Crippen molar-refractivity contribution in [2.24, 2.45) is 5.41 Å². The van der Waals surface area contributed by atoms with E-state index in [0.29, 0.717) is 5.41 Å². The summed E-state index contributed by atoms with van der Waals surface area (Å²) in [4.78, 5) is 12.0. The standard InChI is InChI=1S/C15H22N2O/c1-11-4-6-13(7-5-11)17-14(18)12(2)16-10-15(3)8-9-15/h4-7,12,16H,8-10H2,1-3H3,(H,17,18). The van der Waals surface area contributed by atoms with Gasteiger partial charge in [-0.2, -0.15) is 0 Å². The molecule has 1 amide bonds. The molecule has 1 aromatic rings. The molecule has 1 unspecified atom stereocenters. The number of anilines is 1. The number of hydrogen-bond acceptors (Lipinski definition) is 2. The Morgan fingerprint density at radius 1 is 1.33 bits per heavy atom. The molecule has 0 heterocycles. The summed E-state index contributed by atoms with van der Waals surface area (Å²) < 4.78 is 0. The van der Waals surface area contributed by atoms with E-state index in [1.54, 1.807) is 0 Å². The Morgan fingerprint density at radius 3 is 2.50 bits per heavy atom. The minimum atomic E-state index is -0.149. The first-order chi connectivity index (χ1) is 8.48. The van der Waals surface area contributed by atoms with Gasteiger partial charge < -0.3 is 10.6 Å². The zero-order valence-electron chi connectivity index (χ0n) is 11.4. The van der Waals surface area contributed by atoms with E-state index in [0.717, 1.165) is 12.2 Å². The molecule has 1 aliphatic rings. The van der Waals surface area contributed by atoms with E-state index in [9.17, 15) is 4.79 Å². The Balaban J connectivity index is 1.81. The monoisotopic (exact) mass is 246 g/mol. The summed E-state index contributed by atoms with van der Waals surface area (Å²) in [6.07, 6.45) is 2.54. The molecule has 1 aliphatic carbocycles. The maximum absolute atomic E-state index is 12.0. The highest BCUT2D eigenvalue weighted by Crippen LogP contribution is 2.44. The molecule has 0 bridgehead atoms. The van der Waals surface area contributed by atoms with Crippen molar-refractivity contribution in [1.82, 2.24) is 5.32 Å². The van der Waals surface area contributed by atoms with Gasteiger partial charge in [0.25, 0.3) is 0 Å². The van der Waals surface area contributed by atoms with E-state index >= 15 is 0 Å². The van der Waals surface area contributed by atoms with Gasteiger partial charge in [0.05, 0.1) is 6.04 Å². The van der Waals surface area contributed by atoms with Crippen molar-refractivity contribution in [3.63, 3.8) is 0 Å². The lowest BCUT2D eigenvalue weighted by Crippen LogP contribution is -2.40. The number of benzene rings is 1. The van der Waals surface area contributed by atoms with Gasteiger partial charge in [-0.15, -0.1) is 0 Å². The van der Waals surface area contributed by atoms with Crippen molar-refractivity contribution >= 4 is 11.6 Å². The van der Waals surface area contributed by atoms with Gasteiger partial charge >= 0.3 is 0 Å². The van der Waals surface area contributed by atoms with Crippen molar-refractivity contribution in [2.75, 3.05) is 11.9 Å². The molecule has 0 aliphatic heterocycles. The van der Waals surface area contributed by atoms with Crippen molar-refractivity contribution < 1.29 is 4.79 Å². The van der Waals surface area contributed by atoms with Crippen LogP contribution in [0.15, 0.2) is 24.3 Å². The predicted molar refractivity (Wildman–Crippen MR) is 74.6 cm³/mol. The van der Waals surface area contributed by atoms with Crippen LogP contribution in [-0.2, 0) is 4.79 Å². The first kappa shape index (κ1) is 13.1. The second kappa shape index (κ2) is 5.11. The molecule has 1 atom stereocenters. The Hall–Kier alpha value is -1.35. The minimum Gasteiger partial charge on any atom is -0.325 e. The van der Waals surface area contributed by atoms with Gasteiger partial charge in [-0.05, 0) is 44.2 Å². The number of nitrogens with one attached hydrogen (secondary N) is 2. The number of amides is 1. The van der Waals surface area contributed by atoms with Gasteiger partial charge in [-0.1, -0.05) is 24.6 Å². The molecule has 18 heavy (non-hydrogen) atoms. The third kappa shape index (κ3) is 3.57. The lowest BCUT2D eigenvalue weighted by atomic mass is 10.1. The third-order valence-electron chi connectivity index (χ3n) is 3.65. The van der Waals surface area contributed by atoms with Gasteiger partial charge in [0.1, 0.15) is 0 Å². The molecule has 1 saturated carbocycles. The van der Waals surface area contributed by atoms with Crippen LogP contribution in [0.1, 0.15) is 32.3 Å². The number of aryl methyl sites for hydroxylation is 1. The van der Waals surface area contributed by atoms with Crippen LogP contribution in [0.5, 0.6) is 0 Å². The van der Waals surface area contributed by atoms with Crippen LogP contribution in [0.25, 0.3) is 0 Å². The molecular weight excluding hydrogens is 224 g/mol. The molecule has 0 radical (unpaired) electrons. The maximum atomic E-state index is 12.0. The molecule has 0 saturated heterocycles. The van der Waals surface area contributed by atoms with Crippen LogP contribution in [-0.4, -0.2) is 18.5 Å². The summed E-state index contributed by atoms with van der Waals surface area (Å²) in [5, 5.41) is 6.23. The second-order valence-corrected chi connectivity index (χ2v) is 5.77. The van der Waals surface area contributed by atoms with Crippen LogP contribution in [0.4, 0.5) is 5.69 Å². The van der Waals surface area contributed by atoms with Crippen molar-refractivity contribution in [3.05, 3.63) is 29.8 Å². The van der Waals surface area contributed by atoms with E-state index in [-0.39, 0.29) is 11.9 Å². The smallest absolute Gasteiger partial charge is 0.241 e. The van der Waals surface area contributed by atoms with Crippen molar-refractivity contribution in [3.8, 4) is 0 Å². The highest BCUT2D eigenvalue weighted by Gasteiger charge is 2.37. The summed E-state index contributed by atoms with van der Waals surface area (Å²) >= 11 is 0. The SMILES string of the molecule is Cc1ccc(NC(=O)C(C)NCC2(C)CC2)cc1. The van der Waals surface area contributed by atoms with Gasteiger partial charge in [0, 0.05) is 12.2 Å². The first-order valence-electron chi connectivity index (χ1n) is 6.59. The normalized spacial score (nSPS) is 18.2. The van der Waals surface area contributed by atoms with Gasteiger partial charge in [-0.3, -0.25) is 4.79 Å². The fraction of sp³-hybridized carbons (Fsp3) is 0.533. The zero-order chi connectivity index (χ0) is 13.2. The Morgan fingerprint density at radius 2 is 1.94 bits per heavy atom. The van der Waals surface area contributed by atoms with Crippen LogP contribution in [0, 0.1) is 12.3 Å². The van der Waals surface area contributed by atoms with Gasteiger partial charge in [-0.25, -0.2) is 0 Å². The molecule has 2 rings (SSSR count). The molecule has 3 nitrogen and oxygen atoms in total. The van der Waals surface area contributed by atoms with Gasteiger partial charge in [0.15, 0.2) is 0 Å². The fourth-order valence-corrected chi connectivity index (χ4v) is 1.77. The first-order valence-corrected chi connectivity index (χ1v) is 6.59. The van der Waals surface area contributed by atoms with E-state index in [2.05, 4.69) is 17.6 Å². The topological polar surface area (TPSA) is 41.1 Å². The fourth-order valence-electron chi connectivity index (χ4n) is 1.77. The Kier molecular flexibility index (Phi) is 3.71. The highest BCUT2D eigenvalue weighted by atomic mass is 16.2. The lowest BCUT2D eigenvalue weighted by molar-refractivity contribution is -0.117. The second-order valence-electron chi connectivity index (χ2n) is 5.77. The summed E-state index contributed by atoms with van der Waals surface area (Å²) in [6.45, 7) is 7.13. The minimum absolute atomic E-state index is 0.0307. The average Bonchev–Trinajstić information content (AvgIpc) is 3.08. The average molecular weight is 246 g/mol. The van der Waals surface area contributed by atoms with Crippen LogP contribution >= 0.6 is 0 Å². The summed E-state index contributed by atoms with van der Waals surface area (Å²) in [5.41, 5.74) is 2.48. The molecule has 2 N–H and O–H groups in total. The largest absolute Gasteiger partial charge is 0.325 e. The van der Waals surface area contributed by atoms with E-state index in [4.69, 9.17) is 0 Å². The molecule has 1 aromatic carbocycles. The maximum Gasteiger partial charge on any atom is 0.241 e. The molecule has 1 fully saturated rings. The van der Waals surface area contributed by atoms with Crippen molar-refractivity contribution in [2.45, 2.75) is 39.7 Å². The number of carbonyl (C=O) groups is 1. The molecule has 3 heteroatoms. The summed E-state index contributed by atoms with van der Waals surface area (Å²) in [5.74, 6) is 0.0307.